The zero-order valence-corrected chi connectivity index (χ0v) is 20.3. The summed E-state index contributed by atoms with van der Waals surface area (Å²) < 4.78 is 41.7. The number of fused-ring (bicyclic) bond motifs is 1. The molecule has 3 nitrogen and oxygen atoms in total. The van der Waals surface area contributed by atoms with E-state index in [0.717, 1.165) is 22.1 Å². The highest BCUT2D eigenvalue weighted by atomic mass is 35.5. The predicted octanol–water partition coefficient (Wildman–Crippen LogP) is 7.93. The number of carbonyl (C=O) groups excluding carboxylic acids is 2. The van der Waals surface area contributed by atoms with E-state index in [0.29, 0.717) is 15.6 Å². The molecule has 0 aliphatic carbocycles. The minimum atomic E-state index is -4.67. The number of alkyl halides is 3. The zero-order valence-electron chi connectivity index (χ0n) is 18.8. The molecule has 35 heavy (non-hydrogen) atoms. The Kier molecular flexibility index (Phi) is 6.80. The van der Waals surface area contributed by atoms with Crippen molar-refractivity contribution in [3.8, 4) is 0 Å². The molecule has 3 aromatic rings. The second kappa shape index (κ2) is 9.51. The maximum Gasteiger partial charge on any atom is 0.416 e. The lowest BCUT2D eigenvalue weighted by Gasteiger charge is -2.19. The third-order valence-electron chi connectivity index (χ3n) is 6.05. The Hall–Kier alpha value is -3.09. The Balaban J connectivity index is 1.61. The molecule has 0 fully saturated rings. The molecule has 1 atom stereocenters. The van der Waals surface area contributed by atoms with Crippen molar-refractivity contribution in [2.75, 3.05) is 0 Å². The van der Waals surface area contributed by atoms with E-state index < -0.39 is 30.1 Å². The Morgan fingerprint density at radius 2 is 1.51 bits per heavy atom. The van der Waals surface area contributed by atoms with E-state index in [1.54, 1.807) is 43.3 Å². The van der Waals surface area contributed by atoms with Gasteiger partial charge in [-0.15, -0.1) is 0 Å². The van der Waals surface area contributed by atoms with Crippen molar-refractivity contribution in [3.05, 3.63) is 110 Å². The zero-order chi connectivity index (χ0) is 25.5. The summed E-state index contributed by atoms with van der Waals surface area (Å²) in [6.45, 7) is 3.22. The summed E-state index contributed by atoms with van der Waals surface area (Å²) in [5.74, 6) is -1.36. The molecule has 0 spiro atoms. The number of rotatable bonds is 5. The summed E-state index contributed by atoms with van der Waals surface area (Å²) in [5, 5.41) is 1.04. The summed E-state index contributed by atoms with van der Waals surface area (Å²) in [6.07, 6.45) is -1.31. The smallest absolute Gasteiger partial charge is 0.270 e. The summed E-state index contributed by atoms with van der Waals surface area (Å²) >= 11 is 12.4. The highest BCUT2D eigenvalue weighted by Crippen LogP contribution is 2.35. The Morgan fingerprint density at radius 1 is 0.943 bits per heavy atom. The van der Waals surface area contributed by atoms with E-state index in [1.165, 1.54) is 24.3 Å². The molecule has 180 valence electrons. The van der Waals surface area contributed by atoms with E-state index >= 15 is 0 Å². The molecule has 0 N–H and O–H groups in total. The van der Waals surface area contributed by atoms with Gasteiger partial charge in [0.25, 0.3) is 11.8 Å². The van der Waals surface area contributed by atoms with Crippen molar-refractivity contribution in [2.24, 2.45) is 0 Å². The third kappa shape index (κ3) is 5.00. The Bertz CT molecular complexity index is 1310. The molecular formula is C27H20Cl2F3NO2. The minimum absolute atomic E-state index is 0.155. The molecule has 0 radical (unpaired) electrons. The van der Waals surface area contributed by atoms with Crippen molar-refractivity contribution in [1.82, 2.24) is 4.90 Å². The average molecular weight is 518 g/mol. The average Bonchev–Trinajstić information content (AvgIpc) is 3.05. The summed E-state index contributed by atoms with van der Waals surface area (Å²) in [4.78, 5) is 26.1. The van der Waals surface area contributed by atoms with Gasteiger partial charge >= 0.3 is 6.18 Å². The lowest BCUT2D eigenvalue weighted by molar-refractivity contribution is -0.138. The van der Waals surface area contributed by atoms with Gasteiger partial charge in [0.2, 0.25) is 0 Å². The first-order valence-electron chi connectivity index (χ1n) is 10.8. The molecule has 0 saturated heterocycles. The van der Waals surface area contributed by atoms with Gasteiger partial charge in [-0.2, -0.15) is 13.2 Å². The fraction of sp³-hybridized carbons (Fsp3) is 0.185. The molecule has 0 aromatic heterocycles. The largest absolute Gasteiger partial charge is 0.416 e. The van der Waals surface area contributed by atoms with Crippen LogP contribution in [-0.2, 0) is 12.7 Å². The van der Waals surface area contributed by atoms with Crippen molar-refractivity contribution < 1.29 is 22.8 Å². The normalized spacial score (nSPS) is 14.7. The van der Waals surface area contributed by atoms with Crippen LogP contribution >= 0.6 is 23.2 Å². The van der Waals surface area contributed by atoms with E-state index in [1.807, 2.05) is 6.92 Å². The van der Waals surface area contributed by atoms with Crippen LogP contribution in [0.2, 0.25) is 10.0 Å². The van der Waals surface area contributed by atoms with Crippen LogP contribution in [0.5, 0.6) is 0 Å². The SMILES string of the molecule is Cc1c(Cl)cc(C(C)/C=C/c2ccc(CN3C(=O)c4ccccc4C3=O)c(C(F)(F)F)c2)cc1Cl. The molecule has 0 bridgehead atoms. The Labute approximate surface area is 210 Å². The number of benzene rings is 3. The monoisotopic (exact) mass is 517 g/mol. The van der Waals surface area contributed by atoms with Crippen LogP contribution in [0.3, 0.4) is 0 Å². The fourth-order valence-electron chi connectivity index (χ4n) is 3.95. The van der Waals surface area contributed by atoms with Gasteiger partial charge in [0.15, 0.2) is 0 Å². The number of halogens is 5. The topological polar surface area (TPSA) is 37.4 Å². The van der Waals surface area contributed by atoms with Gasteiger partial charge in [-0.25, -0.2) is 0 Å². The molecule has 4 rings (SSSR count). The maximum atomic E-state index is 13.9. The molecule has 2 amide bonds. The van der Waals surface area contributed by atoms with Crippen LogP contribution in [0, 0.1) is 6.92 Å². The van der Waals surface area contributed by atoms with Crippen molar-refractivity contribution in [3.63, 3.8) is 0 Å². The number of allylic oxidation sites excluding steroid dienone is 1. The Morgan fingerprint density at radius 3 is 2.06 bits per heavy atom. The second-order valence-corrected chi connectivity index (χ2v) is 9.23. The molecule has 1 unspecified atom stereocenters. The molecule has 0 saturated carbocycles. The van der Waals surface area contributed by atoms with Gasteiger partial charge < -0.3 is 0 Å². The summed E-state index contributed by atoms with van der Waals surface area (Å²) in [7, 11) is 0. The van der Waals surface area contributed by atoms with Crippen molar-refractivity contribution >= 4 is 41.1 Å². The number of nitrogens with zero attached hydrogens (tertiary/aromatic N) is 1. The van der Waals surface area contributed by atoms with Gasteiger partial charge in [-0.3, -0.25) is 14.5 Å². The van der Waals surface area contributed by atoms with Gasteiger partial charge in [-0.05, 0) is 65.4 Å². The number of hydrogen-bond acceptors (Lipinski definition) is 2. The third-order valence-corrected chi connectivity index (χ3v) is 6.84. The van der Waals surface area contributed by atoms with Crippen molar-refractivity contribution in [1.29, 1.82) is 0 Å². The van der Waals surface area contributed by atoms with Gasteiger partial charge in [-0.1, -0.05) is 66.5 Å². The highest BCUT2D eigenvalue weighted by molar-refractivity contribution is 6.36. The lowest BCUT2D eigenvalue weighted by atomic mass is 9.97. The predicted molar refractivity (Wildman–Crippen MR) is 131 cm³/mol. The van der Waals surface area contributed by atoms with E-state index in [2.05, 4.69) is 0 Å². The molecular weight excluding hydrogens is 498 g/mol. The highest BCUT2D eigenvalue weighted by Gasteiger charge is 2.38. The van der Waals surface area contributed by atoms with Crippen LogP contribution < -0.4 is 0 Å². The van der Waals surface area contributed by atoms with E-state index in [-0.39, 0.29) is 22.6 Å². The first-order valence-corrected chi connectivity index (χ1v) is 11.5. The fourth-order valence-corrected chi connectivity index (χ4v) is 4.45. The van der Waals surface area contributed by atoms with Crippen molar-refractivity contribution in [2.45, 2.75) is 32.5 Å². The van der Waals surface area contributed by atoms with Crippen LogP contribution in [0.15, 0.2) is 60.7 Å². The summed E-state index contributed by atoms with van der Waals surface area (Å²) in [6, 6.07) is 13.6. The van der Waals surface area contributed by atoms with Crippen LogP contribution in [0.1, 0.15) is 61.4 Å². The number of amides is 2. The van der Waals surface area contributed by atoms with Gasteiger partial charge in [0.1, 0.15) is 0 Å². The maximum absolute atomic E-state index is 13.9. The first kappa shape index (κ1) is 25.0. The van der Waals surface area contributed by atoms with E-state index in [9.17, 15) is 22.8 Å². The second-order valence-electron chi connectivity index (χ2n) is 8.41. The number of imide groups is 1. The molecule has 8 heteroatoms. The van der Waals surface area contributed by atoms with Gasteiger partial charge in [0.05, 0.1) is 23.2 Å². The number of hydrogen-bond donors (Lipinski definition) is 0. The first-order chi connectivity index (χ1) is 16.5. The lowest BCUT2D eigenvalue weighted by Crippen LogP contribution is -2.30. The molecule has 1 heterocycles. The summed E-state index contributed by atoms with van der Waals surface area (Å²) in [5.41, 5.74) is 1.25. The van der Waals surface area contributed by atoms with Crippen LogP contribution in [0.4, 0.5) is 13.2 Å². The number of carbonyl (C=O) groups is 2. The van der Waals surface area contributed by atoms with E-state index in [4.69, 9.17) is 23.2 Å². The standard InChI is InChI=1S/C27H20Cl2F3NO2/c1-15(19-12-23(28)16(2)24(29)13-19)7-8-17-9-10-18(22(11-17)27(30,31)32)14-33-25(34)20-5-3-4-6-21(20)26(33)35/h3-13,15H,14H2,1-2H3/b8-7+. The minimum Gasteiger partial charge on any atom is -0.270 e. The molecule has 1 aliphatic heterocycles. The van der Waals surface area contributed by atoms with Crippen LogP contribution in [0.25, 0.3) is 6.08 Å². The quantitative estimate of drug-likeness (QED) is 0.322. The molecule has 3 aromatic carbocycles. The van der Waals surface area contributed by atoms with Crippen LogP contribution in [-0.4, -0.2) is 16.7 Å². The molecule has 1 aliphatic rings. The van der Waals surface area contributed by atoms with Gasteiger partial charge in [0, 0.05) is 10.0 Å².